The molecule has 3 heterocycles. The van der Waals surface area contributed by atoms with Gasteiger partial charge in [0.15, 0.2) is 10.7 Å². The smallest absolute Gasteiger partial charge is 0.226 e. The fourth-order valence-electron chi connectivity index (χ4n) is 3.96. The van der Waals surface area contributed by atoms with Crippen LogP contribution in [0.5, 0.6) is 0 Å². The lowest BCUT2D eigenvalue weighted by Gasteiger charge is -2.26. The molecule has 0 spiro atoms. The zero-order valence-electron chi connectivity index (χ0n) is 15.0. The number of benzene rings is 1. The predicted octanol–water partition coefficient (Wildman–Crippen LogP) is 2.62. The number of fused-ring (bicyclic) bond motifs is 3. The van der Waals surface area contributed by atoms with Crippen LogP contribution in [0, 0.1) is 0 Å². The molecule has 144 valence electrons. The van der Waals surface area contributed by atoms with Gasteiger partial charge in [0.1, 0.15) is 11.0 Å². The van der Waals surface area contributed by atoms with Gasteiger partial charge in [-0.2, -0.15) is 5.10 Å². The molecule has 0 amide bonds. The Kier molecular flexibility index (Phi) is 3.95. The first-order chi connectivity index (χ1) is 13.6. The maximum Gasteiger partial charge on any atom is 0.226 e. The van der Waals surface area contributed by atoms with E-state index in [2.05, 4.69) is 20.3 Å². The highest BCUT2D eigenvalue weighted by Crippen LogP contribution is 2.35. The second kappa shape index (κ2) is 6.39. The van der Waals surface area contributed by atoms with Crippen LogP contribution in [0.4, 0.5) is 0 Å². The first-order valence-corrected chi connectivity index (χ1v) is 10.7. The molecule has 0 saturated heterocycles. The molecule has 1 fully saturated rings. The summed E-state index contributed by atoms with van der Waals surface area (Å²) in [5, 5.41) is 17.8. The lowest BCUT2D eigenvalue weighted by atomic mass is 9.93. The van der Waals surface area contributed by atoms with E-state index in [4.69, 9.17) is 0 Å². The van der Waals surface area contributed by atoms with E-state index >= 15 is 0 Å². The van der Waals surface area contributed by atoms with Crippen LogP contribution < -0.4 is 0 Å². The molecular formula is C19H19N5O3S. The zero-order chi connectivity index (χ0) is 19.3. The number of aliphatic hydroxyl groups is 1. The molecule has 3 aromatic heterocycles. The van der Waals surface area contributed by atoms with Crippen molar-refractivity contribution >= 4 is 31.9 Å². The van der Waals surface area contributed by atoms with E-state index < -0.39 is 9.84 Å². The van der Waals surface area contributed by atoms with Gasteiger partial charge in [-0.15, -0.1) is 0 Å². The SMILES string of the molecule is O=S(=O)(c1ccccc1)c1nc2nccc2c2c1n[nH]n2C1CCC(O)CC1. The van der Waals surface area contributed by atoms with Crippen LogP contribution in [-0.2, 0) is 9.84 Å². The molecule has 1 aliphatic carbocycles. The lowest BCUT2D eigenvalue weighted by molar-refractivity contribution is 0.108. The third-order valence-electron chi connectivity index (χ3n) is 5.42. The standard InChI is InChI=1S/C19H19N5O3S/c25-13-8-6-12(7-9-13)24-17-15-10-11-20-18(15)21-19(16(17)22-23-24)28(26,27)14-4-2-1-3-5-14/h1-5,10-13,23,25H,6-9H2. The van der Waals surface area contributed by atoms with Crippen LogP contribution in [0.2, 0.25) is 0 Å². The van der Waals surface area contributed by atoms with Crippen LogP contribution in [0.25, 0.3) is 22.1 Å². The largest absolute Gasteiger partial charge is 0.393 e. The number of nitrogens with zero attached hydrogens (tertiary/aromatic N) is 4. The Morgan fingerprint density at radius 1 is 1.07 bits per heavy atom. The van der Waals surface area contributed by atoms with E-state index in [1.165, 1.54) is 0 Å². The number of rotatable bonds is 3. The first-order valence-electron chi connectivity index (χ1n) is 9.25. The molecule has 0 radical (unpaired) electrons. The van der Waals surface area contributed by atoms with Gasteiger partial charge in [0, 0.05) is 11.6 Å². The summed E-state index contributed by atoms with van der Waals surface area (Å²) < 4.78 is 28.4. The molecule has 8 nitrogen and oxygen atoms in total. The van der Waals surface area contributed by atoms with Gasteiger partial charge < -0.3 is 5.11 Å². The van der Waals surface area contributed by atoms with Gasteiger partial charge in [-0.1, -0.05) is 18.2 Å². The van der Waals surface area contributed by atoms with Gasteiger partial charge in [-0.25, -0.2) is 23.6 Å². The quantitative estimate of drug-likeness (QED) is 0.549. The van der Waals surface area contributed by atoms with Crippen LogP contribution >= 0.6 is 0 Å². The van der Waals surface area contributed by atoms with Crippen molar-refractivity contribution in [1.29, 1.82) is 0 Å². The highest BCUT2D eigenvalue weighted by atomic mass is 32.2. The Hall–Kier alpha value is -2.78. The second-order valence-electron chi connectivity index (χ2n) is 7.16. The molecule has 1 saturated carbocycles. The van der Waals surface area contributed by atoms with Crippen molar-refractivity contribution in [2.45, 2.75) is 47.8 Å². The van der Waals surface area contributed by atoms with Crippen molar-refractivity contribution in [1.82, 2.24) is 25.0 Å². The van der Waals surface area contributed by atoms with Gasteiger partial charge >= 0.3 is 0 Å². The average molecular weight is 397 g/mol. The molecule has 0 bridgehead atoms. The van der Waals surface area contributed by atoms with Crippen molar-refractivity contribution in [3.8, 4) is 0 Å². The van der Waals surface area contributed by atoms with Crippen LogP contribution in [0.15, 0.2) is 52.5 Å². The minimum absolute atomic E-state index is 0.0919. The van der Waals surface area contributed by atoms with E-state index in [1.807, 2.05) is 10.7 Å². The molecular weight excluding hydrogens is 378 g/mol. The molecule has 2 N–H and O–H groups in total. The van der Waals surface area contributed by atoms with E-state index in [0.29, 0.717) is 29.5 Å². The van der Waals surface area contributed by atoms with Crippen molar-refractivity contribution in [3.05, 3.63) is 42.6 Å². The maximum absolute atomic E-state index is 13.3. The summed E-state index contributed by atoms with van der Waals surface area (Å²) in [6, 6.07) is 10.2. The molecule has 5 rings (SSSR count). The summed E-state index contributed by atoms with van der Waals surface area (Å²) in [5.74, 6) is 0. The Balaban J connectivity index is 1.75. The van der Waals surface area contributed by atoms with Gasteiger partial charge in [-0.05, 0) is 43.9 Å². The van der Waals surface area contributed by atoms with Crippen LogP contribution in [-0.4, -0.2) is 44.6 Å². The van der Waals surface area contributed by atoms with E-state index in [0.717, 1.165) is 18.2 Å². The van der Waals surface area contributed by atoms with Crippen molar-refractivity contribution < 1.29 is 13.5 Å². The van der Waals surface area contributed by atoms with Crippen molar-refractivity contribution in [2.24, 2.45) is 0 Å². The number of pyridine rings is 1. The molecule has 0 aliphatic heterocycles. The van der Waals surface area contributed by atoms with E-state index in [-0.39, 0.29) is 22.1 Å². The Labute approximate surface area is 161 Å². The molecule has 28 heavy (non-hydrogen) atoms. The second-order valence-corrected chi connectivity index (χ2v) is 9.02. The fraction of sp³-hybridized carbons (Fsp3) is 0.316. The van der Waals surface area contributed by atoms with Gasteiger partial charge in [0.2, 0.25) is 9.84 Å². The maximum atomic E-state index is 13.3. The minimum atomic E-state index is -3.85. The summed E-state index contributed by atoms with van der Waals surface area (Å²) in [7, 11) is -3.85. The number of nitrogens with one attached hydrogen (secondary N) is 1. The third kappa shape index (κ3) is 2.61. The first kappa shape index (κ1) is 17.3. The van der Waals surface area contributed by atoms with Gasteiger partial charge in [0.05, 0.1) is 17.0 Å². The summed E-state index contributed by atoms with van der Waals surface area (Å²) >= 11 is 0. The molecule has 0 unspecified atom stereocenters. The normalized spacial score (nSPS) is 20.8. The van der Waals surface area contributed by atoms with Crippen molar-refractivity contribution in [2.75, 3.05) is 0 Å². The van der Waals surface area contributed by atoms with Crippen LogP contribution in [0.1, 0.15) is 31.7 Å². The fourth-order valence-corrected chi connectivity index (χ4v) is 5.30. The average Bonchev–Trinajstić information content (AvgIpc) is 3.35. The van der Waals surface area contributed by atoms with Gasteiger partial charge in [0.25, 0.3) is 0 Å². The number of H-pyrrole nitrogens is 1. The Morgan fingerprint density at radius 3 is 2.57 bits per heavy atom. The monoisotopic (exact) mass is 397 g/mol. The summed E-state index contributed by atoms with van der Waals surface area (Å²) in [4.78, 5) is 8.76. The Bertz CT molecular complexity index is 1250. The summed E-state index contributed by atoms with van der Waals surface area (Å²) in [5.41, 5.74) is 1.39. The molecule has 0 atom stereocenters. The summed E-state index contributed by atoms with van der Waals surface area (Å²) in [6.07, 6.45) is 4.35. The minimum Gasteiger partial charge on any atom is -0.393 e. The number of sulfone groups is 1. The van der Waals surface area contributed by atoms with E-state index in [9.17, 15) is 13.5 Å². The topological polar surface area (TPSA) is 114 Å². The number of hydrogen-bond acceptors (Lipinski definition) is 6. The molecule has 1 aromatic carbocycles. The Morgan fingerprint density at radius 2 is 1.82 bits per heavy atom. The molecule has 9 heteroatoms. The summed E-state index contributed by atoms with van der Waals surface area (Å²) in [6.45, 7) is 0. The van der Waals surface area contributed by atoms with Crippen LogP contribution in [0.3, 0.4) is 0 Å². The number of aromatic nitrogens is 5. The lowest BCUT2D eigenvalue weighted by Crippen LogP contribution is -2.21. The number of aliphatic hydroxyl groups excluding tert-OH is 1. The molecule has 1 aliphatic rings. The predicted molar refractivity (Wildman–Crippen MR) is 103 cm³/mol. The van der Waals surface area contributed by atoms with E-state index in [1.54, 1.807) is 36.5 Å². The molecule has 4 aromatic rings. The zero-order valence-corrected chi connectivity index (χ0v) is 15.8. The highest BCUT2D eigenvalue weighted by molar-refractivity contribution is 7.91. The van der Waals surface area contributed by atoms with Crippen molar-refractivity contribution in [3.63, 3.8) is 0 Å². The number of hydrogen-bond donors (Lipinski definition) is 2. The third-order valence-corrected chi connectivity index (χ3v) is 7.10. The van der Waals surface area contributed by atoms with Gasteiger partial charge in [-0.3, -0.25) is 4.68 Å². The number of aromatic amines is 1. The highest BCUT2D eigenvalue weighted by Gasteiger charge is 2.29.